The van der Waals surface area contributed by atoms with Crippen molar-refractivity contribution in [3.8, 4) is 0 Å². The summed E-state index contributed by atoms with van der Waals surface area (Å²) >= 11 is 0. The maximum atomic E-state index is 12.8. The first kappa shape index (κ1) is 14.0. The Morgan fingerprint density at radius 3 is 2.52 bits per heavy atom. The molecule has 1 aromatic carbocycles. The molecule has 3 rings (SSSR count). The summed E-state index contributed by atoms with van der Waals surface area (Å²) in [6.45, 7) is 1.48. The Labute approximate surface area is 124 Å². The number of carbonyl (C=O) groups is 3. The molecule has 0 aromatic heterocycles. The predicted octanol–water partition coefficient (Wildman–Crippen LogP) is 3.10. The molecule has 1 spiro atoms. The molecule has 0 radical (unpaired) electrons. The summed E-state index contributed by atoms with van der Waals surface area (Å²) in [5.41, 5.74) is 0.569. The molecule has 1 aliphatic heterocycles. The standard InChI is InChI=1S/C17H19NO3/c1-12(19)13-6-5-7-14(10-13)18-15(20)11-17(16(18)21)8-3-2-4-9-17/h5-7,10H,2-4,8-9,11H2,1H3. The van der Waals surface area contributed by atoms with Gasteiger partial charge in [-0.15, -0.1) is 0 Å². The zero-order chi connectivity index (χ0) is 15.0. The summed E-state index contributed by atoms with van der Waals surface area (Å²) in [7, 11) is 0. The molecule has 0 bridgehead atoms. The highest BCUT2D eigenvalue weighted by molar-refractivity contribution is 6.22. The molecule has 1 saturated carbocycles. The van der Waals surface area contributed by atoms with Crippen molar-refractivity contribution < 1.29 is 14.4 Å². The predicted molar refractivity (Wildman–Crippen MR) is 79.1 cm³/mol. The second-order valence-corrected chi connectivity index (χ2v) is 6.16. The Bertz CT molecular complexity index is 614. The van der Waals surface area contributed by atoms with E-state index in [2.05, 4.69) is 0 Å². The van der Waals surface area contributed by atoms with Crippen LogP contribution in [0, 0.1) is 5.41 Å². The molecule has 2 aliphatic rings. The van der Waals surface area contributed by atoms with Crippen LogP contribution in [0.5, 0.6) is 0 Å². The third kappa shape index (κ3) is 2.28. The maximum absolute atomic E-state index is 12.8. The summed E-state index contributed by atoms with van der Waals surface area (Å²) in [5, 5.41) is 0. The molecular weight excluding hydrogens is 266 g/mol. The van der Waals surface area contributed by atoms with Crippen LogP contribution < -0.4 is 4.90 Å². The number of nitrogens with zero attached hydrogens (tertiary/aromatic N) is 1. The Balaban J connectivity index is 1.95. The number of ketones is 1. The third-order valence-electron chi connectivity index (χ3n) is 4.72. The van der Waals surface area contributed by atoms with E-state index in [4.69, 9.17) is 0 Å². The van der Waals surface area contributed by atoms with E-state index in [1.165, 1.54) is 11.8 Å². The number of benzene rings is 1. The molecule has 1 aliphatic carbocycles. The van der Waals surface area contributed by atoms with E-state index in [1.807, 2.05) is 0 Å². The second-order valence-electron chi connectivity index (χ2n) is 6.16. The summed E-state index contributed by atoms with van der Waals surface area (Å²) in [4.78, 5) is 37.9. The fraction of sp³-hybridized carbons (Fsp3) is 0.471. The lowest BCUT2D eigenvalue weighted by molar-refractivity contribution is -0.127. The zero-order valence-corrected chi connectivity index (χ0v) is 12.2. The Morgan fingerprint density at radius 2 is 1.86 bits per heavy atom. The van der Waals surface area contributed by atoms with Crippen molar-refractivity contribution >= 4 is 23.3 Å². The van der Waals surface area contributed by atoms with Crippen LogP contribution in [0.3, 0.4) is 0 Å². The first-order chi connectivity index (χ1) is 10.0. The molecule has 0 unspecified atom stereocenters. The normalized spacial score (nSPS) is 21.1. The summed E-state index contributed by atoms with van der Waals surface area (Å²) in [6, 6.07) is 6.79. The van der Waals surface area contributed by atoms with Gasteiger partial charge in [0.05, 0.1) is 11.1 Å². The van der Waals surface area contributed by atoms with Gasteiger partial charge in [-0.25, -0.2) is 0 Å². The number of anilines is 1. The van der Waals surface area contributed by atoms with Gasteiger partial charge in [-0.1, -0.05) is 31.4 Å². The highest BCUT2D eigenvalue weighted by Crippen LogP contribution is 2.46. The minimum atomic E-state index is -0.485. The second kappa shape index (κ2) is 5.10. The van der Waals surface area contributed by atoms with Crippen LogP contribution in [0.2, 0.25) is 0 Å². The molecule has 0 atom stereocenters. The lowest BCUT2D eigenvalue weighted by Gasteiger charge is -2.30. The fourth-order valence-corrected chi connectivity index (χ4v) is 3.54. The number of amides is 2. The van der Waals surface area contributed by atoms with E-state index in [0.717, 1.165) is 32.1 Å². The van der Waals surface area contributed by atoms with E-state index >= 15 is 0 Å². The van der Waals surface area contributed by atoms with Gasteiger partial charge < -0.3 is 0 Å². The van der Waals surface area contributed by atoms with Crippen molar-refractivity contribution in [2.75, 3.05) is 4.90 Å². The maximum Gasteiger partial charge on any atom is 0.240 e. The van der Waals surface area contributed by atoms with Crippen molar-refractivity contribution in [2.45, 2.75) is 45.4 Å². The molecule has 21 heavy (non-hydrogen) atoms. The monoisotopic (exact) mass is 285 g/mol. The minimum Gasteiger partial charge on any atom is -0.295 e. The van der Waals surface area contributed by atoms with Gasteiger partial charge in [0.1, 0.15) is 0 Å². The lowest BCUT2D eigenvalue weighted by atomic mass is 9.73. The SMILES string of the molecule is CC(=O)c1cccc(N2C(=O)CC3(CCCCC3)C2=O)c1. The zero-order valence-electron chi connectivity index (χ0n) is 12.2. The van der Waals surface area contributed by atoms with Gasteiger partial charge in [-0.3, -0.25) is 19.3 Å². The van der Waals surface area contributed by atoms with Gasteiger partial charge >= 0.3 is 0 Å². The van der Waals surface area contributed by atoms with Crippen molar-refractivity contribution in [1.29, 1.82) is 0 Å². The van der Waals surface area contributed by atoms with E-state index in [9.17, 15) is 14.4 Å². The molecule has 0 N–H and O–H groups in total. The molecule has 2 amide bonds. The summed E-state index contributed by atoms with van der Waals surface area (Å²) < 4.78 is 0. The van der Waals surface area contributed by atoms with Crippen molar-refractivity contribution in [1.82, 2.24) is 0 Å². The Kier molecular flexibility index (Phi) is 3.40. The highest BCUT2D eigenvalue weighted by atomic mass is 16.2. The fourth-order valence-electron chi connectivity index (χ4n) is 3.54. The summed E-state index contributed by atoms with van der Waals surface area (Å²) in [5.74, 6) is -0.279. The number of rotatable bonds is 2. The minimum absolute atomic E-state index is 0.0664. The van der Waals surface area contributed by atoms with Gasteiger partial charge in [0.2, 0.25) is 11.8 Å². The van der Waals surface area contributed by atoms with Gasteiger partial charge in [-0.05, 0) is 31.9 Å². The van der Waals surface area contributed by atoms with Crippen molar-refractivity contribution in [2.24, 2.45) is 5.41 Å². The number of carbonyl (C=O) groups excluding carboxylic acids is 3. The van der Waals surface area contributed by atoms with Crippen LogP contribution in [-0.4, -0.2) is 17.6 Å². The number of hydrogen-bond acceptors (Lipinski definition) is 3. The topological polar surface area (TPSA) is 54.5 Å². The molecule has 4 heteroatoms. The summed E-state index contributed by atoms with van der Waals surface area (Å²) in [6.07, 6.45) is 5.10. The molecule has 110 valence electrons. The van der Waals surface area contributed by atoms with E-state index in [0.29, 0.717) is 17.7 Å². The van der Waals surface area contributed by atoms with Crippen molar-refractivity contribution in [3.05, 3.63) is 29.8 Å². The lowest BCUT2D eigenvalue weighted by Crippen LogP contribution is -2.37. The van der Waals surface area contributed by atoms with E-state index in [1.54, 1.807) is 24.3 Å². The first-order valence-corrected chi connectivity index (χ1v) is 7.52. The van der Waals surface area contributed by atoms with Gasteiger partial charge in [0.25, 0.3) is 0 Å². The van der Waals surface area contributed by atoms with Crippen LogP contribution in [0.1, 0.15) is 55.8 Å². The number of imide groups is 1. The largest absolute Gasteiger partial charge is 0.295 e. The van der Waals surface area contributed by atoms with Gasteiger partial charge in [-0.2, -0.15) is 0 Å². The van der Waals surface area contributed by atoms with Crippen molar-refractivity contribution in [3.63, 3.8) is 0 Å². The molecule has 1 heterocycles. The van der Waals surface area contributed by atoms with Crippen LogP contribution in [0.4, 0.5) is 5.69 Å². The van der Waals surface area contributed by atoms with Crippen LogP contribution >= 0.6 is 0 Å². The molecule has 1 saturated heterocycles. The Morgan fingerprint density at radius 1 is 1.14 bits per heavy atom. The average molecular weight is 285 g/mol. The van der Waals surface area contributed by atoms with Gasteiger partial charge in [0, 0.05) is 12.0 Å². The third-order valence-corrected chi connectivity index (χ3v) is 4.72. The average Bonchev–Trinajstić information content (AvgIpc) is 2.71. The highest BCUT2D eigenvalue weighted by Gasteiger charge is 2.51. The van der Waals surface area contributed by atoms with Crippen LogP contribution in [0.15, 0.2) is 24.3 Å². The van der Waals surface area contributed by atoms with Crippen LogP contribution in [-0.2, 0) is 9.59 Å². The molecule has 4 nitrogen and oxygen atoms in total. The molecule has 2 fully saturated rings. The number of hydrogen-bond donors (Lipinski definition) is 0. The molecular formula is C17H19NO3. The quantitative estimate of drug-likeness (QED) is 0.619. The smallest absolute Gasteiger partial charge is 0.240 e. The van der Waals surface area contributed by atoms with Crippen LogP contribution in [0.25, 0.3) is 0 Å². The van der Waals surface area contributed by atoms with Gasteiger partial charge in [0.15, 0.2) is 5.78 Å². The first-order valence-electron chi connectivity index (χ1n) is 7.52. The van der Waals surface area contributed by atoms with E-state index in [-0.39, 0.29) is 17.6 Å². The van der Waals surface area contributed by atoms with E-state index < -0.39 is 5.41 Å². The number of Topliss-reactive ketones (excluding diaryl/α,β-unsaturated/α-hetero) is 1. The molecule has 1 aromatic rings. The Hall–Kier alpha value is -1.97.